The Hall–Kier alpha value is -3.80. The number of nitrogens with zero attached hydrogens (tertiary/aromatic N) is 3. The molecule has 5 nitrogen and oxygen atoms in total. The van der Waals surface area contributed by atoms with Crippen LogP contribution in [0, 0.1) is 16.6 Å². The van der Waals surface area contributed by atoms with Crippen LogP contribution in [0.3, 0.4) is 0 Å². The van der Waals surface area contributed by atoms with E-state index in [2.05, 4.69) is 62.2 Å². The van der Waals surface area contributed by atoms with Gasteiger partial charge in [0, 0.05) is 18.1 Å². The van der Waals surface area contributed by atoms with Gasteiger partial charge in [-0.1, -0.05) is 57.2 Å². The van der Waals surface area contributed by atoms with Crippen LogP contribution in [0.1, 0.15) is 26.3 Å². The van der Waals surface area contributed by atoms with Crippen LogP contribution < -0.4 is 10.5 Å². The van der Waals surface area contributed by atoms with Crippen molar-refractivity contribution in [2.45, 2.75) is 26.2 Å². The molecule has 0 radical (unpaired) electrons. The van der Waals surface area contributed by atoms with Gasteiger partial charge < -0.3 is 4.90 Å². The highest BCUT2D eigenvalue weighted by Crippen LogP contribution is 2.32. The molecule has 1 aromatic heterocycles. The number of anilines is 2. The molecule has 2 N–H and O–H groups in total. The molecule has 0 fully saturated rings. The van der Waals surface area contributed by atoms with Crippen LogP contribution in [0.15, 0.2) is 66.7 Å². The first-order valence-electron chi connectivity index (χ1n) is 10.4. The maximum atomic E-state index is 14.1. The third-order valence-electron chi connectivity index (χ3n) is 5.66. The highest BCUT2D eigenvalue weighted by molar-refractivity contribution is 5.94. The summed E-state index contributed by atoms with van der Waals surface area (Å²) in [4.78, 5) is 6.22. The quantitative estimate of drug-likeness (QED) is 0.317. The molecule has 0 aliphatic heterocycles. The van der Waals surface area contributed by atoms with E-state index in [1.54, 1.807) is 6.07 Å². The third-order valence-corrected chi connectivity index (χ3v) is 5.66. The summed E-state index contributed by atoms with van der Waals surface area (Å²) in [5, 5.41) is 16.4. The van der Waals surface area contributed by atoms with Crippen LogP contribution in [0.5, 0.6) is 0 Å². The molecule has 6 heteroatoms. The van der Waals surface area contributed by atoms with Crippen molar-refractivity contribution in [3.63, 3.8) is 0 Å². The Morgan fingerprint density at radius 1 is 0.969 bits per heavy atom. The predicted molar refractivity (Wildman–Crippen MR) is 128 cm³/mol. The van der Waals surface area contributed by atoms with Crippen LogP contribution in [-0.4, -0.2) is 22.9 Å². The fourth-order valence-corrected chi connectivity index (χ4v) is 3.79. The van der Waals surface area contributed by atoms with Crippen LogP contribution in [0.2, 0.25) is 0 Å². The topological polar surface area (TPSA) is 68.8 Å². The van der Waals surface area contributed by atoms with Crippen LogP contribution in [-0.2, 0) is 5.41 Å². The lowest BCUT2D eigenvalue weighted by molar-refractivity contribution is 0.590. The molecule has 0 unspecified atom stereocenters. The lowest BCUT2D eigenvalue weighted by Crippen LogP contribution is -2.26. The molecular weight excluding hydrogens is 401 g/mol. The lowest BCUT2D eigenvalue weighted by atomic mass is 9.86. The minimum atomic E-state index is -0.393. The molecule has 0 saturated heterocycles. The fourth-order valence-electron chi connectivity index (χ4n) is 3.79. The number of halogens is 1. The van der Waals surface area contributed by atoms with Crippen molar-refractivity contribution in [1.29, 1.82) is 10.8 Å². The zero-order valence-corrected chi connectivity index (χ0v) is 18.6. The Kier molecular flexibility index (Phi) is 5.38. The molecule has 0 bridgehead atoms. The maximum absolute atomic E-state index is 14.1. The Bertz CT molecular complexity index is 1360. The molecular formula is C26H26FN5. The first kappa shape index (κ1) is 21.4. The lowest BCUT2D eigenvalue weighted by Gasteiger charge is -2.22. The SMILES string of the molecule is CN(c1cccc(-c2ccc(C(C)(C)C)cc2)c1)c1nc(=N)n(C=N)c2ccc(F)cc12. The van der Waals surface area contributed by atoms with E-state index in [1.807, 2.05) is 24.1 Å². The number of aromatic nitrogens is 2. The van der Waals surface area contributed by atoms with E-state index in [-0.39, 0.29) is 11.0 Å². The van der Waals surface area contributed by atoms with Crippen molar-refractivity contribution in [3.05, 3.63) is 83.7 Å². The summed E-state index contributed by atoms with van der Waals surface area (Å²) in [6, 6.07) is 20.9. The number of hydrogen-bond donors (Lipinski definition) is 2. The van der Waals surface area contributed by atoms with Gasteiger partial charge >= 0.3 is 0 Å². The van der Waals surface area contributed by atoms with E-state index in [0.717, 1.165) is 23.2 Å². The van der Waals surface area contributed by atoms with Crippen molar-refractivity contribution in [3.8, 4) is 11.1 Å². The van der Waals surface area contributed by atoms with Gasteiger partial charge in [0.1, 0.15) is 11.6 Å². The summed E-state index contributed by atoms with van der Waals surface area (Å²) < 4.78 is 15.4. The molecule has 162 valence electrons. The van der Waals surface area contributed by atoms with E-state index in [0.29, 0.717) is 16.7 Å². The summed E-state index contributed by atoms with van der Waals surface area (Å²) in [5.74, 6) is 0.0683. The number of fused-ring (bicyclic) bond motifs is 1. The second kappa shape index (κ2) is 8.04. The van der Waals surface area contributed by atoms with Gasteiger partial charge in [0.05, 0.1) is 11.9 Å². The molecule has 0 aliphatic carbocycles. The highest BCUT2D eigenvalue weighted by atomic mass is 19.1. The van der Waals surface area contributed by atoms with Crippen LogP contribution in [0.4, 0.5) is 15.9 Å². The molecule has 4 rings (SSSR count). The third kappa shape index (κ3) is 3.91. The molecule has 0 amide bonds. The Balaban J connectivity index is 1.79. The molecule has 0 atom stereocenters. The second-order valence-electron chi connectivity index (χ2n) is 8.86. The summed E-state index contributed by atoms with van der Waals surface area (Å²) in [6.45, 7) is 6.58. The van der Waals surface area contributed by atoms with Gasteiger partial charge in [0.15, 0.2) is 0 Å². The predicted octanol–water partition coefficient (Wildman–Crippen LogP) is 5.84. The number of nitrogens with one attached hydrogen (secondary N) is 2. The van der Waals surface area contributed by atoms with Crippen molar-refractivity contribution in [2.24, 2.45) is 0 Å². The molecule has 0 aliphatic rings. The molecule has 1 heterocycles. The van der Waals surface area contributed by atoms with Crippen LogP contribution in [0.25, 0.3) is 22.0 Å². The largest absolute Gasteiger partial charge is 0.329 e. The highest BCUT2D eigenvalue weighted by Gasteiger charge is 2.16. The van der Waals surface area contributed by atoms with Crippen molar-refractivity contribution >= 4 is 28.7 Å². The van der Waals surface area contributed by atoms with Gasteiger partial charge in [0.25, 0.3) is 0 Å². The molecule has 0 spiro atoms. The average molecular weight is 428 g/mol. The average Bonchev–Trinajstić information content (AvgIpc) is 2.78. The summed E-state index contributed by atoms with van der Waals surface area (Å²) in [6.07, 6.45) is 1.02. The second-order valence-corrected chi connectivity index (χ2v) is 8.86. The Morgan fingerprint density at radius 3 is 2.34 bits per heavy atom. The zero-order valence-electron chi connectivity index (χ0n) is 18.6. The standard InChI is InChI=1S/C26H26FN5/c1-26(2,3)19-10-8-17(9-11-19)18-6-5-7-21(14-18)31(4)24-22-15-20(27)12-13-23(22)32(16-28)25(29)30-24/h5-16,28-29H,1-4H3. The number of benzene rings is 3. The molecule has 3 aromatic carbocycles. The van der Waals surface area contributed by atoms with Gasteiger partial charge in [-0.2, -0.15) is 4.98 Å². The zero-order chi connectivity index (χ0) is 23.0. The number of rotatable bonds is 4. The van der Waals surface area contributed by atoms with Gasteiger partial charge in [-0.05, 0) is 52.4 Å². The minimum Gasteiger partial charge on any atom is -0.329 e. The van der Waals surface area contributed by atoms with Gasteiger partial charge in [-0.25, -0.2) is 4.39 Å². The molecule has 32 heavy (non-hydrogen) atoms. The van der Waals surface area contributed by atoms with Crippen molar-refractivity contribution < 1.29 is 4.39 Å². The van der Waals surface area contributed by atoms with E-state index in [4.69, 9.17) is 10.8 Å². The number of hydrogen-bond acceptors (Lipinski definition) is 4. The van der Waals surface area contributed by atoms with E-state index in [1.165, 1.54) is 22.3 Å². The molecule has 4 aromatic rings. The summed E-state index contributed by atoms with van der Waals surface area (Å²) >= 11 is 0. The summed E-state index contributed by atoms with van der Waals surface area (Å²) in [7, 11) is 1.85. The van der Waals surface area contributed by atoms with Crippen molar-refractivity contribution in [1.82, 2.24) is 9.55 Å². The van der Waals surface area contributed by atoms with Gasteiger partial charge in [0.2, 0.25) is 5.62 Å². The monoisotopic (exact) mass is 427 g/mol. The fraction of sp³-hybridized carbons (Fsp3) is 0.192. The summed E-state index contributed by atoms with van der Waals surface area (Å²) in [5.41, 5.74) is 4.87. The maximum Gasteiger partial charge on any atom is 0.229 e. The van der Waals surface area contributed by atoms with Crippen molar-refractivity contribution in [2.75, 3.05) is 11.9 Å². The van der Waals surface area contributed by atoms with Crippen LogP contribution >= 0.6 is 0 Å². The van der Waals surface area contributed by atoms with E-state index < -0.39 is 5.82 Å². The first-order valence-corrected chi connectivity index (χ1v) is 10.4. The van der Waals surface area contributed by atoms with E-state index >= 15 is 0 Å². The Labute approximate surface area is 186 Å². The minimum absolute atomic E-state index is 0.0881. The van der Waals surface area contributed by atoms with Gasteiger partial charge in [-0.3, -0.25) is 15.4 Å². The normalized spacial score (nSPS) is 11.5. The Morgan fingerprint density at radius 2 is 1.69 bits per heavy atom. The first-order chi connectivity index (χ1) is 15.2. The smallest absolute Gasteiger partial charge is 0.229 e. The molecule has 0 saturated carbocycles. The van der Waals surface area contributed by atoms with Gasteiger partial charge in [-0.15, -0.1) is 0 Å². The van der Waals surface area contributed by atoms with E-state index in [9.17, 15) is 4.39 Å².